The van der Waals surface area contributed by atoms with Crippen LogP contribution in [0.3, 0.4) is 0 Å². The van der Waals surface area contributed by atoms with Crippen molar-refractivity contribution in [2.75, 3.05) is 109 Å². The molecular weight excluding hydrogens is 1490 g/mol. The first kappa shape index (κ1) is 79.5. The van der Waals surface area contributed by atoms with Crippen LogP contribution in [0.2, 0.25) is 0 Å². The molecule has 0 bridgehead atoms. The van der Waals surface area contributed by atoms with Gasteiger partial charge in [-0.3, -0.25) is 61.4 Å². The lowest BCUT2D eigenvalue weighted by molar-refractivity contribution is -0.141. The molecule has 112 heavy (non-hydrogen) atoms. The third-order valence-electron chi connectivity index (χ3n) is 19.7. The van der Waals surface area contributed by atoms with Crippen molar-refractivity contribution in [1.82, 2.24) is 0 Å². The van der Waals surface area contributed by atoms with Gasteiger partial charge in [-0.25, -0.2) is 0 Å². The van der Waals surface area contributed by atoms with Gasteiger partial charge in [-0.15, -0.1) is 0 Å². The van der Waals surface area contributed by atoms with Crippen molar-refractivity contribution >= 4 is 113 Å². The quantitative estimate of drug-likeness (QED) is 0.0323. The molecule has 8 aromatic carbocycles. The van der Waals surface area contributed by atoms with E-state index in [4.69, 9.17) is 32.1 Å². The highest BCUT2D eigenvalue weighted by atomic mass is 32.2. The smallest absolute Gasteiger partial charge is 0.305 e. The van der Waals surface area contributed by atoms with Gasteiger partial charge in [-0.1, -0.05) is 60.7 Å². The van der Waals surface area contributed by atoms with E-state index in [1.807, 2.05) is 115 Å². The number of phenols is 1. The predicted molar refractivity (Wildman–Crippen MR) is 417 cm³/mol. The summed E-state index contributed by atoms with van der Waals surface area (Å²) in [4.78, 5) is 112. The molecule has 0 aliphatic carbocycles. The molecule has 0 fully saturated rings. The van der Waals surface area contributed by atoms with Crippen LogP contribution in [0.15, 0.2) is 146 Å². The number of carbonyl (C=O) groups excluding carboxylic acids is 8. The largest absolute Gasteiger partial charge is 0.504 e. The number of para-hydroxylation sites is 3. The standard InChI is InChI=1S/C48H45N5O9.C17H14N2O4.C16H25NO8S2/c1-27-16-33-35(49-45(55)39-20-30-10-5-7-12-37(30)52(39)47(33)57)23-41(27)61-25-28-17-29(19-32(18-28)51(2)15-9-14-44(54)60-4)26-62-43-24-36-34(22-42(43)59-3)48(58)53-38-13-8-6-11-31(38)21-40(53)46(56)50-36;1-23-15-7-10-11(8-14(15)20)18-16(21)13-6-9-4-2-3-5-12(9)19(13)17(10)22;1-17(7-5-6-16(18)23-2)15-9-13(11-24-26(3,19)20)8-14(10-15)12-25-27(4,21)22/h5-8,10-13,16-19,22-24,39-40H,9,14-15,20-21,25-26H2,1-4H3,(H,49,55)(H,50,56);2-5,7-8,13,20H,6H2,1H3,(H,18,21);8-10H,5-7,11-12H2,1-4H3/t39-,40-;13-;/m00./s1. The third-order valence-corrected chi connectivity index (χ3v) is 20.8. The fourth-order valence-corrected chi connectivity index (χ4v) is 14.8. The Morgan fingerprint density at radius 2 is 0.804 bits per heavy atom. The Morgan fingerprint density at radius 3 is 1.19 bits per heavy atom. The highest BCUT2D eigenvalue weighted by Gasteiger charge is 2.45. The van der Waals surface area contributed by atoms with E-state index in [0.717, 1.165) is 63.0 Å². The number of nitrogens with zero attached hydrogens (tertiary/aromatic N) is 5. The summed E-state index contributed by atoms with van der Waals surface area (Å²) in [7, 11) is 2.09. The van der Waals surface area contributed by atoms with Crippen LogP contribution in [0.1, 0.15) is 101 Å². The molecule has 3 atom stereocenters. The predicted octanol–water partition coefficient (Wildman–Crippen LogP) is 9.55. The number of rotatable bonds is 24. The molecule has 586 valence electrons. The lowest BCUT2D eigenvalue weighted by atomic mass is 10.1. The Hall–Kier alpha value is -12.1. The summed E-state index contributed by atoms with van der Waals surface area (Å²) in [6.45, 7) is 2.82. The van der Waals surface area contributed by atoms with Gasteiger partial charge in [-0.05, 0) is 131 Å². The molecular formula is C81H84N8O21S2. The summed E-state index contributed by atoms with van der Waals surface area (Å²) in [5, 5.41) is 18.6. The second kappa shape index (κ2) is 33.6. The van der Waals surface area contributed by atoms with E-state index < -0.39 is 38.4 Å². The van der Waals surface area contributed by atoms with Gasteiger partial charge in [0.15, 0.2) is 23.0 Å². The summed E-state index contributed by atoms with van der Waals surface area (Å²) >= 11 is 0. The molecule has 0 spiro atoms. The zero-order valence-electron chi connectivity index (χ0n) is 62.9. The highest BCUT2D eigenvalue weighted by molar-refractivity contribution is 7.86. The molecule has 0 unspecified atom stereocenters. The minimum Gasteiger partial charge on any atom is -0.504 e. The first-order chi connectivity index (χ1) is 53.5. The molecule has 6 heterocycles. The summed E-state index contributed by atoms with van der Waals surface area (Å²) < 4.78 is 87.5. The fourth-order valence-electron chi connectivity index (χ4n) is 14.1. The van der Waals surface area contributed by atoms with Gasteiger partial charge >= 0.3 is 11.9 Å². The minimum atomic E-state index is -3.62. The lowest BCUT2D eigenvalue weighted by Crippen LogP contribution is -2.42. The van der Waals surface area contributed by atoms with Gasteiger partial charge in [0.05, 0.1) is 87.9 Å². The van der Waals surface area contributed by atoms with Gasteiger partial charge in [-0.2, -0.15) is 16.8 Å². The van der Waals surface area contributed by atoms with Crippen LogP contribution in [-0.4, -0.2) is 156 Å². The Bertz CT molecular complexity index is 5250. The molecule has 0 saturated heterocycles. The molecule has 6 amide bonds. The normalized spacial score (nSPS) is 16.1. The molecule has 0 saturated carbocycles. The number of aryl methyl sites for hydroxylation is 1. The zero-order valence-corrected chi connectivity index (χ0v) is 64.6. The van der Waals surface area contributed by atoms with E-state index in [0.29, 0.717) is 119 Å². The Balaban J connectivity index is 0.000000190. The number of nitrogens with one attached hydrogen (secondary N) is 3. The van der Waals surface area contributed by atoms with E-state index in [1.54, 1.807) is 59.3 Å². The van der Waals surface area contributed by atoms with Crippen LogP contribution >= 0.6 is 0 Å². The number of phenolic OH excluding ortho intramolecular Hbond substituents is 1. The van der Waals surface area contributed by atoms with Crippen LogP contribution in [0, 0.1) is 6.92 Å². The van der Waals surface area contributed by atoms with E-state index in [9.17, 15) is 60.3 Å². The van der Waals surface area contributed by atoms with Crippen LogP contribution < -0.4 is 59.4 Å². The number of fused-ring (bicyclic) bond motifs is 12. The van der Waals surface area contributed by atoms with Gasteiger partial charge in [0.25, 0.3) is 38.0 Å². The van der Waals surface area contributed by atoms with Gasteiger partial charge in [0, 0.05) is 106 Å². The van der Waals surface area contributed by atoms with Crippen LogP contribution in [0.5, 0.6) is 28.7 Å². The molecule has 4 N–H and O–H groups in total. The van der Waals surface area contributed by atoms with Crippen LogP contribution in [0.25, 0.3) is 0 Å². The molecule has 8 aromatic rings. The number of hydrogen-bond donors (Lipinski definition) is 4. The highest BCUT2D eigenvalue weighted by Crippen LogP contribution is 2.44. The lowest BCUT2D eigenvalue weighted by Gasteiger charge is -2.22. The maximum absolute atomic E-state index is 14.0. The van der Waals surface area contributed by atoms with Crippen molar-refractivity contribution in [2.24, 2.45) is 0 Å². The maximum Gasteiger partial charge on any atom is 0.305 e. The Labute approximate surface area is 647 Å². The van der Waals surface area contributed by atoms with Crippen molar-refractivity contribution in [1.29, 1.82) is 0 Å². The number of methoxy groups -OCH3 is 4. The average molecular weight is 1570 g/mol. The number of anilines is 8. The van der Waals surface area contributed by atoms with Crippen LogP contribution in [0.4, 0.5) is 45.5 Å². The third kappa shape index (κ3) is 17.9. The van der Waals surface area contributed by atoms with Crippen LogP contribution in [-0.2, 0) is 108 Å². The first-order valence-corrected chi connectivity index (χ1v) is 39.3. The Morgan fingerprint density at radius 1 is 0.455 bits per heavy atom. The summed E-state index contributed by atoms with van der Waals surface area (Å²) in [6, 6.07) is 41.2. The molecule has 29 nitrogen and oxygen atoms in total. The number of benzene rings is 8. The summed E-state index contributed by atoms with van der Waals surface area (Å²) in [5.74, 6) is -1.02. The molecule has 14 rings (SSSR count). The number of amides is 6. The van der Waals surface area contributed by atoms with Gasteiger partial charge in [0.2, 0.25) is 17.7 Å². The molecule has 6 aliphatic heterocycles. The Kier molecular flexibility index (Phi) is 23.9. The monoisotopic (exact) mass is 1570 g/mol. The summed E-state index contributed by atoms with van der Waals surface area (Å²) in [5.41, 5.74) is 12.0. The minimum absolute atomic E-state index is 0.0861. The van der Waals surface area contributed by atoms with Crippen molar-refractivity contribution in [2.45, 2.75) is 96.4 Å². The van der Waals surface area contributed by atoms with Gasteiger partial charge < -0.3 is 59.3 Å². The average Bonchev–Trinajstić information content (AvgIpc) is 1.61. The molecule has 31 heteroatoms. The van der Waals surface area contributed by atoms with Crippen molar-refractivity contribution in [3.8, 4) is 28.7 Å². The zero-order chi connectivity index (χ0) is 80.0. The number of aromatic hydroxyl groups is 1. The maximum atomic E-state index is 14.0. The van der Waals surface area contributed by atoms with E-state index in [1.165, 1.54) is 45.5 Å². The number of hydrogen-bond acceptors (Lipinski definition) is 23. The molecule has 0 aromatic heterocycles. The topological polar surface area (TPSA) is 351 Å². The second-order valence-electron chi connectivity index (χ2n) is 27.5. The van der Waals surface area contributed by atoms with E-state index in [-0.39, 0.29) is 98.1 Å². The van der Waals surface area contributed by atoms with Crippen molar-refractivity contribution in [3.63, 3.8) is 0 Å². The second-order valence-corrected chi connectivity index (χ2v) is 30.8. The number of ether oxygens (including phenoxy) is 6. The molecule has 6 aliphatic rings. The van der Waals surface area contributed by atoms with E-state index in [2.05, 4.69) is 20.7 Å². The first-order valence-electron chi connectivity index (χ1n) is 35.7. The van der Waals surface area contributed by atoms with Gasteiger partial charge in [0.1, 0.15) is 37.1 Å². The van der Waals surface area contributed by atoms with Crippen molar-refractivity contribution in [3.05, 3.63) is 207 Å². The SMILES string of the molecule is COC(=O)CCCN(C)c1cc(COS(C)(=O)=O)cc(COS(C)(=O)=O)c1.COC(=O)CCCN(C)c1cc(COc2cc3c(cc2C)C(=O)N2c4ccccc4C[C@H]2C(=O)N3)cc(COc2cc3c(cc2OC)C(=O)N2c4ccccc4C[C@H]2C(=O)N3)c1.COc1cc2c(cc1O)NC(=O)[C@@H]1Cc3ccccc3N1C2=O. The summed E-state index contributed by atoms with van der Waals surface area (Å²) in [6.07, 6.45) is 4.89. The number of esters is 2. The fraction of sp³-hybridized carbons (Fsp3) is 0.309. The number of carbonyl (C=O) groups is 8. The van der Waals surface area contributed by atoms with Crippen molar-refractivity contribution < 1.29 is 97.1 Å². The van der Waals surface area contributed by atoms with E-state index >= 15 is 0 Å². The molecule has 0 radical (unpaired) electrons.